The molecular weight excluding hydrogens is 803 g/mol. The third-order valence-corrected chi connectivity index (χ3v) is 14.6. The summed E-state index contributed by atoms with van der Waals surface area (Å²) in [6.07, 6.45) is 0. The van der Waals surface area contributed by atoms with Crippen LogP contribution in [0.25, 0.3) is 55.2 Å². The molecule has 0 fully saturated rings. The van der Waals surface area contributed by atoms with E-state index in [0.29, 0.717) is 0 Å². The number of furan rings is 2. The number of anilines is 5. The maximum atomic E-state index is 7.42. The third-order valence-electron chi connectivity index (χ3n) is 14.6. The van der Waals surface area contributed by atoms with E-state index in [1.165, 1.54) is 44.5 Å². The molecule has 3 aliphatic rings. The molecule has 3 aliphatic heterocycles. The molecule has 0 radical (unpaired) electrons. The molecule has 0 aliphatic carbocycles. The fraction of sp³-hybridized carbons (Fsp3) is 0.0820. The number of nitrogens with zero attached hydrogens (tertiary/aromatic N) is 2. The minimum Gasteiger partial charge on any atom is -0.466 e. The number of benzene rings is 9. The average Bonchev–Trinajstić information content (AvgIpc) is 3.94. The van der Waals surface area contributed by atoms with Crippen LogP contribution in [0.4, 0.5) is 28.4 Å². The molecule has 0 amide bonds. The number of rotatable bonds is 4. The van der Waals surface area contributed by atoms with Gasteiger partial charge >= 0.3 is 6.85 Å². The van der Waals surface area contributed by atoms with Crippen LogP contribution in [0.2, 0.25) is 0 Å². The van der Waals surface area contributed by atoms with Crippen LogP contribution in [0.3, 0.4) is 0 Å². The van der Waals surface area contributed by atoms with Crippen molar-refractivity contribution in [2.75, 3.05) is 9.71 Å². The van der Waals surface area contributed by atoms with E-state index in [2.05, 4.69) is 237 Å². The summed E-state index contributed by atoms with van der Waals surface area (Å²) in [4.78, 5) is 5.14. The molecule has 0 saturated carbocycles. The molecule has 0 unspecified atom stereocenters. The zero-order valence-electron chi connectivity index (χ0n) is 36.9. The minimum absolute atomic E-state index is 0.0614. The number of hydrogen-bond acceptors (Lipinski definition) is 4. The van der Waals surface area contributed by atoms with Crippen LogP contribution in [0.1, 0.15) is 48.6 Å². The first kappa shape index (κ1) is 37.4. The topological polar surface area (TPSA) is 32.8 Å². The Morgan fingerprint density at radius 2 is 1.09 bits per heavy atom. The summed E-state index contributed by atoms with van der Waals surface area (Å²) in [7, 11) is 0. The SMILES string of the molecule is CC(C)(C)c1ccc(N2c3cc4c(oc5ccccc54)c4c3B(c3oc5ccccc5c32)N2c3ccccc3C(c3ccccc3)(c3ccccc3)c3cccc-4c32)c(-c2ccccc2)c1. The molecule has 9 aromatic carbocycles. The maximum Gasteiger partial charge on any atom is 0.376 e. The molecule has 0 atom stereocenters. The second-order valence-electron chi connectivity index (χ2n) is 19.1. The van der Waals surface area contributed by atoms with E-state index in [-0.39, 0.29) is 12.3 Å². The van der Waals surface area contributed by atoms with Crippen molar-refractivity contribution in [3.05, 3.63) is 234 Å². The summed E-state index contributed by atoms with van der Waals surface area (Å²) >= 11 is 0. The molecule has 0 spiro atoms. The fourth-order valence-electron chi connectivity index (χ4n) is 11.9. The highest BCUT2D eigenvalue weighted by Gasteiger charge is 2.56. The summed E-state index contributed by atoms with van der Waals surface area (Å²) in [5, 5.41) is 3.26. The Kier molecular flexibility index (Phi) is 7.65. The van der Waals surface area contributed by atoms with E-state index >= 15 is 0 Å². The van der Waals surface area contributed by atoms with Gasteiger partial charge in [0, 0.05) is 49.9 Å². The van der Waals surface area contributed by atoms with Crippen molar-refractivity contribution >= 4 is 79.3 Å². The van der Waals surface area contributed by atoms with Gasteiger partial charge in [-0.3, -0.25) is 0 Å². The second-order valence-corrected chi connectivity index (χ2v) is 19.1. The zero-order valence-corrected chi connectivity index (χ0v) is 36.9. The van der Waals surface area contributed by atoms with E-state index in [1.807, 2.05) is 0 Å². The first-order valence-electron chi connectivity index (χ1n) is 23.0. The van der Waals surface area contributed by atoms with Crippen LogP contribution in [0.5, 0.6) is 0 Å². The summed E-state index contributed by atoms with van der Waals surface area (Å²) in [6, 6.07) is 75.7. The molecule has 11 aromatic rings. The number of fused-ring (bicyclic) bond motifs is 12. The van der Waals surface area contributed by atoms with Crippen molar-refractivity contribution in [3.63, 3.8) is 0 Å². The van der Waals surface area contributed by atoms with Crippen LogP contribution in [0.15, 0.2) is 215 Å². The summed E-state index contributed by atoms with van der Waals surface area (Å²) in [5.74, 6) is 0. The lowest BCUT2D eigenvalue weighted by molar-refractivity contribution is 0.590. The van der Waals surface area contributed by atoms with Gasteiger partial charge in [0.2, 0.25) is 0 Å². The van der Waals surface area contributed by atoms with E-state index in [9.17, 15) is 0 Å². The van der Waals surface area contributed by atoms with Crippen LogP contribution in [-0.2, 0) is 10.8 Å². The van der Waals surface area contributed by atoms with Gasteiger partial charge in [-0.15, -0.1) is 0 Å². The fourth-order valence-corrected chi connectivity index (χ4v) is 11.9. The monoisotopic (exact) mass is 846 g/mol. The Bertz CT molecular complexity index is 3730. The van der Waals surface area contributed by atoms with Crippen molar-refractivity contribution < 1.29 is 8.83 Å². The van der Waals surface area contributed by atoms with Crippen LogP contribution in [-0.4, -0.2) is 6.85 Å². The highest BCUT2D eigenvalue weighted by atomic mass is 16.3. The predicted octanol–water partition coefficient (Wildman–Crippen LogP) is 14.7. The van der Waals surface area contributed by atoms with Gasteiger partial charge in [0.05, 0.1) is 16.8 Å². The van der Waals surface area contributed by atoms with Crippen LogP contribution < -0.4 is 20.8 Å². The average molecular weight is 847 g/mol. The second kappa shape index (κ2) is 13.5. The Labute approximate surface area is 384 Å². The highest BCUT2D eigenvalue weighted by Crippen LogP contribution is 2.61. The minimum atomic E-state index is -0.639. The number of para-hydroxylation sites is 4. The summed E-state index contributed by atoms with van der Waals surface area (Å²) in [6.45, 7) is 6.54. The van der Waals surface area contributed by atoms with Gasteiger partial charge in [-0.25, -0.2) is 0 Å². The molecule has 0 bridgehead atoms. The maximum absolute atomic E-state index is 7.42. The van der Waals surface area contributed by atoms with Crippen LogP contribution >= 0.6 is 0 Å². The van der Waals surface area contributed by atoms with E-state index in [4.69, 9.17) is 8.83 Å². The van der Waals surface area contributed by atoms with E-state index < -0.39 is 5.41 Å². The van der Waals surface area contributed by atoms with E-state index in [1.54, 1.807) is 0 Å². The molecule has 0 N–H and O–H groups in total. The Balaban J connectivity index is 1.18. The Morgan fingerprint density at radius 1 is 0.470 bits per heavy atom. The van der Waals surface area contributed by atoms with Gasteiger partial charge < -0.3 is 18.5 Å². The van der Waals surface area contributed by atoms with Crippen LogP contribution in [0, 0.1) is 0 Å². The molecule has 66 heavy (non-hydrogen) atoms. The first-order chi connectivity index (χ1) is 32.4. The molecule has 14 rings (SSSR count). The largest absolute Gasteiger partial charge is 0.466 e. The smallest absolute Gasteiger partial charge is 0.376 e. The van der Waals surface area contributed by atoms with Gasteiger partial charge in [-0.2, -0.15) is 0 Å². The summed E-state index contributed by atoms with van der Waals surface area (Å²) in [5.41, 5.74) is 20.3. The highest BCUT2D eigenvalue weighted by molar-refractivity contribution is 6.93. The molecular formula is C61H43BN2O2. The quantitative estimate of drug-likeness (QED) is 0.165. The molecule has 5 heteroatoms. The molecule has 4 nitrogen and oxygen atoms in total. The van der Waals surface area contributed by atoms with Gasteiger partial charge in [-0.1, -0.05) is 185 Å². The van der Waals surface area contributed by atoms with E-state index in [0.717, 1.165) is 78.0 Å². The third kappa shape index (κ3) is 4.89. The molecule has 2 aromatic heterocycles. The van der Waals surface area contributed by atoms with Crippen molar-refractivity contribution in [3.8, 4) is 22.3 Å². The van der Waals surface area contributed by atoms with Gasteiger partial charge in [-0.05, 0) is 86.7 Å². The van der Waals surface area contributed by atoms with Gasteiger partial charge in [0.1, 0.15) is 22.4 Å². The standard InChI is InChI=1S/C61H43BN2O2/c1-60(2,3)41-34-35-49(45(36-41)38-20-7-4-8-21-38)63-51-37-46-42-26-13-17-32-52(42)65-58(46)54-44-28-19-30-48-56(44)64(62(55(51)54)59-57(63)43-27-14-18-33-53(43)66-59)50-31-16-15-29-47(50)61(48,39-22-9-5-10-23-39)40-24-11-6-12-25-40/h4-37H,1-3H3. The lowest BCUT2D eigenvalue weighted by atomic mass is 9.44. The number of hydrogen-bond donors (Lipinski definition) is 0. The molecule has 5 heterocycles. The molecule has 0 saturated heterocycles. The van der Waals surface area contributed by atoms with Crippen molar-refractivity contribution in [2.45, 2.75) is 31.6 Å². The summed E-state index contributed by atoms with van der Waals surface area (Å²) < 4.78 is 14.6. The Hall–Kier alpha value is -8.02. The lowest BCUT2D eigenvalue weighted by Gasteiger charge is -2.52. The normalized spacial score (nSPS) is 14.3. The lowest BCUT2D eigenvalue weighted by Crippen LogP contribution is -2.62. The predicted molar refractivity (Wildman–Crippen MR) is 273 cm³/mol. The van der Waals surface area contributed by atoms with Gasteiger partial charge in [0.25, 0.3) is 0 Å². The van der Waals surface area contributed by atoms with Crippen molar-refractivity contribution in [2.24, 2.45) is 0 Å². The Morgan fingerprint density at radius 3 is 1.82 bits per heavy atom. The first-order valence-corrected chi connectivity index (χ1v) is 23.0. The molecule has 312 valence electrons. The zero-order chi connectivity index (χ0) is 43.9. The van der Waals surface area contributed by atoms with Crippen molar-refractivity contribution in [1.82, 2.24) is 0 Å². The van der Waals surface area contributed by atoms with Gasteiger partial charge in [0.15, 0.2) is 0 Å². The van der Waals surface area contributed by atoms with Crippen molar-refractivity contribution in [1.29, 1.82) is 0 Å².